The average Bonchev–Trinajstić information content (AvgIpc) is 2.99. The second-order valence-electron chi connectivity index (χ2n) is 4.81. The van der Waals surface area contributed by atoms with Crippen LogP contribution in [0, 0.1) is 0 Å². The van der Waals surface area contributed by atoms with Gasteiger partial charge in [0.25, 0.3) is 0 Å². The molecule has 1 N–H and O–H groups in total. The topological polar surface area (TPSA) is 94.2 Å². The SMILES string of the molecule is COc1ccnc(CS(=O)(=O)c2nc3ccccc3[nH]2)c1OC. The molecule has 0 radical (unpaired) electrons. The lowest BCUT2D eigenvalue weighted by Gasteiger charge is -2.11. The number of pyridine rings is 1. The Kier molecular flexibility index (Phi) is 3.91. The van der Waals surface area contributed by atoms with Crippen molar-refractivity contribution in [1.29, 1.82) is 0 Å². The van der Waals surface area contributed by atoms with Gasteiger partial charge in [-0.05, 0) is 12.1 Å². The molecule has 23 heavy (non-hydrogen) atoms. The Hall–Kier alpha value is -2.61. The fourth-order valence-electron chi connectivity index (χ4n) is 2.28. The van der Waals surface area contributed by atoms with E-state index in [1.807, 2.05) is 6.07 Å². The molecule has 0 atom stereocenters. The monoisotopic (exact) mass is 333 g/mol. The Bertz CT molecular complexity index is 917. The van der Waals surface area contributed by atoms with E-state index in [-0.39, 0.29) is 16.6 Å². The molecule has 7 nitrogen and oxygen atoms in total. The zero-order valence-electron chi connectivity index (χ0n) is 12.6. The van der Waals surface area contributed by atoms with Gasteiger partial charge in [0.1, 0.15) is 11.4 Å². The van der Waals surface area contributed by atoms with Crippen LogP contribution in [0.25, 0.3) is 11.0 Å². The minimum Gasteiger partial charge on any atom is -0.493 e. The summed E-state index contributed by atoms with van der Waals surface area (Å²) in [6.45, 7) is 0. The third-order valence-electron chi connectivity index (χ3n) is 3.36. The third-order valence-corrected chi connectivity index (χ3v) is 4.79. The molecule has 2 aromatic heterocycles. The summed E-state index contributed by atoms with van der Waals surface area (Å²) in [5.41, 5.74) is 1.53. The van der Waals surface area contributed by atoms with Gasteiger partial charge in [0, 0.05) is 12.3 Å². The number of nitrogens with zero attached hydrogens (tertiary/aromatic N) is 2. The maximum atomic E-state index is 12.6. The van der Waals surface area contributed by atoms with E-state index < -0.39 is 9.84 Å². The summed E-state index contributed by atoms with van der Waals surface area (Å²) >= 11 is 0. The largest absolute Gasteiger partial charge is 0.493 e. The number of hydrogen-bond donors (Lipinski definition) is 1. The van der Waals surface area contributed by atoms with E-state index in [2.05, 4.69) is 15.0 Å². The van der Waals surface area contributed by atoms with Gasteiger partial charge in [-0.3, -0.25) is 4.98 Å². The van der Waals surface area contributed by atoms with Crippen LogP contribution in [0.4, 0.5) is 0 Å². The zero-order chi connectivity index (χ0) is 16.4. The van der Waals surface area contributed by atoms with E-state index in [4.69, 9.17) is 9.47 Å². The zero-order valence-corrected chi connectivity index (χ0v) is 13.4. The second-order valence-corrected chi connectivity index (χ2v) is 6.72. The third kappa shape index (κ3) is 2.85. The highest BCUT2D eigenvalue weighted by Crippen LogP contribution is 2.31. The van der Waals surface area contributed by atoms with E-state index in [0.717, 1.165) is 0 Å². The molecule has 0 spiro atoms. The fourth-order valence-corrected chi connectivity index (χ4v) is 3.48. The summed E-state index contributed by atoms with van der Waals surface area (Å²) in [6.07, 6.45) is 1.48. The molecule has 0 amide bonds. The molecular formula is C15H15N3O4S. The van der Waals surface area contributed by atoms with Crippen molar-refractivity contribution in [2.45, 2.75) is 10.9 Å². The van der Waals surface area contributed by atoms with Gasteiger partial charge in [-0.15, -0.1) is 0 Å². The number of aromatic amines is 1. The summed E-state index contributed by atoms with van der Waals surface area (Å²) in [5.74, 6) is 0.389. The molecule has 0 saturated heterocycles. The number of rotatable bonds is 5. The number of hydrogen-bond acceptors (Lipinski definition) is 6. The summed E-state index contributed by atoms with van der Waals surface area (Å²) in [5, 5.41) is -0.0922. The molecule has 0 aliphatic rings. The van der Waals surface area contributed by atoms with Crippen molar-refractivity contribution >= 4 is 20.9 Å². The van der Waals surface area contributed by atoms with Gasteiger partial charge in [0.05, 0.1) is 25.3 Å². The normalized spacial score (nSPS) is 11.6. The van der Waals surface area contributed by atoms with Crippen LogP contribution < -0.4 is 9.47 Å². The number of benzene rings is 1. The van der Waals surface area contributed by atoms with Crippen LogP contribution in [-0.2, 0) is 15.6 Å². The quantitative estimate of drug-likeness (QED) is 0.767. The molecule has 8 heteroatoms. The number of methoxy groups -OCH3 is 2. The van der Waals surface area contributed by atoms with E-state index in [1.165, 1.54) is 20.4 Å². The molecular weight excluding hydrogens is 318 g/mol. The van der Waals surface area contributed by atoms with Crippen LogP contribution in [-0.4, -0.2) is 37.6 Å². The number of sulfone groups is 1. The van der Waals surface area contributed by atoms with Crippen LogP contribution >= 0.6 is 0 Å². The smallest absolute Gasteiger partial charge is 0.226 e. The van der Waals surface area contributed by atoms with Gasteiger partial charge in [0.15, 0.2) is 11.5 Å². The number of imidazole rings is 1. The number of nitrogens with one attached hydrogen (secondary N) is 1. The van der Waals surface area contributed by atoms with Gasteiger partial charge in [-0.25, -0.2) is 13.4 Å². The first-order chi connectivity index (χ1) is 11.0. The van der Waals surface area contributed by atoms with Crippen molar-refractivity contribution in [3.05, 3.63) is 42.2 Å². The summed E-state index contributed by atoms with van der Waals surface area (Å²) in [7, 11) is -0.775. The highest BCUT2D eigenvalue weighted by Gasteiger charge is 2.24. The van der Waals surface area contributed by atoms with Gasteiger partial charge in [0.2, 0.25) is 15.0 Å². The van der Waals surface area contributed by atoms with Gasteiger partial charge >= 0.3 is 0 Å². The predicted octanol–water partition coefficient (Wildman–Crippen LogP) is 1.95. The van der Waals surface area contributed by atoms with E-state index in [1.54, 1.807) is 24.3 Å². The van der Waals surface area contributed by atoms with Gasteiger partial charge in [-0.2, -0.15) is 0 Å². The van der Waals surface area contributed by atoms with Crippen molar-refractivity contribution in [2.75, 3.05) is 14.2 Å². The highest BCUT2D eigenvalue weighted by atomic mass is 32.2. The van der Waals surface area contributed by atoms with E-state index in [9.17, 15) is 8.42 Å². The lowest BCUT2D eigenvalue weighted by atomic mass is 10.3. The molecule has 0 bridgehead atoms. The molecule has 120 valence electrons. The van der Waals surface area contributed by atoms with Gasteiger partial charge in [-0.1, -0.05) is 12.1 Å². The maximum Gasteiger partial charge on any atom is 0.226 e. The summed E-state index contributed by atoms with van der Waals surface area (Å²) in [4.78, 5) is 11.1. The lowest BCUT2D eigenvalue weighted by Crippen LogP contribution is -2.10. The summed E-state index contributed by atoms with van der Waals surface area (Å²) < 4.78 is 35.6. The number of aromatic nitrogens is 3. The highest BCUT2D eigenvalue weighted by molar-refractivity contribution is 7.90. The van der Waals surface area contributed by atoms with Crippen LogP contribution in [0.15, 0.2) is 41.7 Å². The number of H-pyrrole nitrogens is 1. The average molecular weight is 333 g/mol. The number of fused-ring (bicyclic) bond motifs is 1. The van der Waals surface area contributed by atoms with Crippen molar-refractivity contribution in [3.8, 4) is 11.5 Å². The first-order valence-electron chi connectivity index (χ1n) is 6.78. The molecule has 3 aromatic rings. The van der Waals surface area contributed by atoms with Crippen molar-refractivity contribution in [2.24, 2.45) is 0 Å². The molecule has 0 saturated carbocycles. The molecule has 0 fully saturated rings. The van der Waals surface area contributed by atoms with Crippen LogP contribution in [0.3, 0.4) is 0 Å². The van der Waals surface area contributed by atoms with Crippen molar-refractivity contribution < 1.29 is 17.9 Å². The first kappa shape index (κ1) is 15.3. The standard InChI is InChI=1S/C15H15N3O4S/c1-21-13-7-8-16-12(14(13)22-2)9-23(19,20)15-17-10-5-3-4-6-11(10)18-15/h3-8H,9H2,1-2H3,(H,17,18). The Balaban J connectivity index is 2.01. The Morgan fingerprint density at radius 3 is 2.61 bits per heavy atom. The van der Waals surface area contributed by atoms with E-state index in [0.29, 0.717) is 22.5 Å². The Morgan fingerprint density at radius 1 is 1.13 bits per heavy atom. The predicted molar refractivity (Wildman–Crippen MR) is 84.3 cm³/mol. The first-order valence-corrected chi connectivity index (χ1v) is 8.44. The van der Waals surface area contributed by atoms with Crippen LogP contribution in [0.1, 0.15) is 5.69 Å². The minimum absolute atomic E-state index is 0.0922. The fraction of sp³-hybridized carbons (Fsp3) is 0.200. The molecule has 0 aliphatic carbocycles. The molecule has 0 unspecified atom stereocenters. The Labute approximate surface area is 133 Å². The molecule has 1 aromatic carbocycles. The lowest BCUT2D eigenvalue weighted by molar-refractivity contribution is 0.350. The van der Waals surface area contributed by atoms with Crippen LogP contribution in [0.2, 0.25) is 0 Å². The molecule has 2 heterocycles. The number of ether oxygens (including phenoxy) is 2. The summed E-state index contributed by atoms with van der Waals surface area (Å²) in [6, 6.07) is 8.73. The molecule has 3 rings (SSSR count). The second kappa shape index (κ2) is 5.88. The maximum absolute atomic E-state index is 12.6. The Morgan fingerprint density at radius 2 is 1.91 bits per heavy atom. The van der Waals surface area contributed by atoms with E-state index >= 15 is 0 Å². The number of para-hydroxylation sites is 2. The molecule has 0 aliphatic heterocycles. The van der Waals surface area contributed by atoms with Crippen molar-refractivity contribution in [1.82, 2.24) is 15.0 Å². The van der Waals surface area contributed by atoms with Crippen LogP contribution in [0.5, 0.6) is 11.5 Å². The van der Waals surface area contributed by atoms with Crippen molar-refractivity contribution in [3.63, 3.8) is 0 Å². The van der Waals surface area contributed by atoms with Gasteiger partial charge < -0.3 is 14.5 Å². The minimum atomic E-state index is -3.70.